The summed E-state index contributed by atoms with van der Waals surface area (Å²) >= 11 is 3.68. The van der Waals surface area contributed by atoms with Crippen LogP contribution in [0.25, 0.3) is 33.1 Å². The lowest BCUT2D eigenvalue weighted by atomic mass is 9.81. The summed E-state index contributed by atoms with van der Waals surface area (Å²) < 4.78 is 6.40. The van der Waals surface area contributed by atoms with Crippen molar-refractivity contribution in [1.29, 1.82) is 0 Å². The second kappa shape index (κ2) is 20.6. The summed E-state index contributed by atoms with van der Waals surface area (Å²) in [5.41, 5.74) is 14.9. The van der Waals surface area contributed by atoms with Gasteiger partial charge in [-0.15, -0.1) is 0 Å². The van der Waals surface area contributed by atoms with E-state index in [4.69, 9.17) is 19.2 Å². The third-order valence-electron chi connectivity index (χ3n) is 12.3. The summed E-state index contributed by atoms with van der Waals surface area (Å²) in [6.45, 7) is 6.67. The quantitative estimate of drug-likeness (QED) is 0.168. The molecule has 0 bridgehead atoms. The first-order valence-electron chi connectivity index (χ1n) is 20.9. The third kappa shape index (κ3) is 10.0. The van der Waals surface area contributed by atoms with Crippen LogP contribution in [0.5, 0.6) is 0 Å². The maximum atomic E-state index is 8.12. The fraction of sp³-hybridized carbons (Fsp3) is 0.400. The van der Waals surface area contributed by atoms with E-state index in [1.807, 2.05) is 0 Å². The summed E-state index contributed by atoms with van der Waals surface area (Å²) in [7, 11) is 0. The summed E-state index contributed by atoms with van der Waals surface area (Å²) in [5.74, 6) is 1.50. The van der Waals surface area contributed by atoms with Gasteiger partial charge in [0.05, 0.1) is 5.69 Å². The van der Waals surface area contributed by atoms with Crippen LogP contribution < -0.4 is 0 Å². The van der Waals surface area contributed by atoms with E-state index in [-0.39, 0.29) is 12.3 Å². The summed E-state index contributed by atoms with van der Waals surface area (Å²) in [6, 6.07) is 31.9. The monoisotopic (exact) mass is 826 g/mol. The Morgan fingerprint density at radius 1 is 0.667 bits per heavy atom. The highest BCUT2D eigenvalue weighted by atomic mass is 79.9. The fourth-order valence-corrected chi connectivity index (χ4v) is 10.2. The number of hydrogen-bond donors (Lipinski definition) is 0. The number of halogens is 1. The van der Waals surface area contributed by atoms with Crippen molar-refractivity contribution in [2.45, 2.75) is 129 Å². The van der Waals surface area contributed by atoms with E-state index in [1.54, 1.807) is 16.8 Å². The second-order valence-electron chi connectivity index (χ2n) is 16.0. The van der Waals surface area contributed by atoms with Crippen molar-refractivity contribution in [1.82, 2.24) is 9.13 Å². The average Bonchev–Trinajstić information content (AvgIpc) is 3.67. The Hall–Kier alpha value is -4.80. The van der Waals surface area contributed by atoms with Gasteiger partial charge in [-0.1, -0.05) is 121 Å². The van der Waals surface area contributed by atoms with Gasteiger partial charge >= 0.3 is 12.3 Å². The van der Waals surface area contributed by atoms with Crippen molar-refractivity contribution in [3.63, 3.8) is 0 Å². The van der Waals surface area contributed by atoms with Gasteiger partial charge < -0.3 is 9.13 Å². The predicted molar refractivity (Wildman–Crippen MR) is 231 cm³/mol. The molecule has 0 saturated heterocycles. The van der Waals surface area contributed by atoms with Crippen molar-refractivity contribution in [2.75, 3.05) is 0 Å². The van der Waals surface area contributed by atoms with E-state index in [2.05, 4.69) is 130 Å². The van der Waals surface area contributed by atoms with Crippen LogP contribution >= 0.6 is 15.9 Å². The zero-order valence-electron chi connectivity index (χ0n) is 33.5. The number of benzene rings is 4. The number of aryl methyl sites for hydroxylation is 6. The molecule has 1 aliphatic heterocycles. The molecule has 0 unspecified atom stereocenters. The summed E-state index contributed by atoms with van der Waals surface area (Å²) in [5, 5.41) is 3.01. The molecule has 3 heterocycles. The topological polar surface area (TPSA) is 78.1 Å². The van der Waals surface area contributed by atoms with Gasteiger partial charge in [0.15, 0.2) is 0 Å². The molecule has 2 saturated carbocycles. The zero-order valence-corrected chi connectivity index (χ0v) is 35.1. The van der Waals surface area contributed by atoms with Gasteiger partial charge in [-0.3, -0.25) is 0 Å². The SMILES string of the molecule is Cc1ccc2c(C3CCCCC3)c3n(c2c1)CCCc1ccccc1-3.Cc1ccc2c(C3CCCCC3)cn(CCCc3ccccc3Br)c2c1.O=C=O.O=C=O. The van der Waals surface area contributed by atoms with Crippen LogP contribution in [0.4, 0.5) is 0 Å². The summed E-state index contributed by atoms with van der Waals surface area (Å²) in [6.07, 6.45) is 21.6. The molecular weight excluding hydrogens is 772 g/mol. The van der Waals surface area contributed by atoms with Crippen LogP contribution in [0.2, 0.25) is 0 Å². The molecule has 3 aliphatic rings. The van der Waals surface area contributed by atoms with Crippen LogP contribution in [0.1, 0.15) is 122 Å². The molecule has 0 N–H and O–H groups in total. The number of hydrogen-bond acceptors (Lipinski definition) is 4. The summed E-state index contributed by atoms with van der Waals surface area (Å²) in [4.78, 5) is 32.5. The first-order chi connectivity index (χ1) is 27.9. The first kappa shape index (κ1) is 41.8. The molecule has 6 nitrogen and oxygen atoms in total. The molecule has 4 aromatic carbocycles. The van der Waals surface area contributed by atoms with E-state index in [1.165, 1.54) is 138 Å². The van der Waals surface area contributed by atoms with Crippen molar-refractivity contribution in [3.8, 4) is 11.3 Å². The van der Waals surface area contributed by atoms with Gasteiger partial charge in [0.2, 0.25) is 0 Å². The molecule has 0 radical (unpaired) electrons. The van der Waals surface area contributed by atoms with Crippen molar-refractivity contribution < 1.29 is 19.2 Å². The number of carbonyl (C=O) groups excluding carboxylic acids is 4. The molecular formula is C50H55BrN2O4. The van der Waals surface area contributed by atoms with Gasteiger partial charge in [0, 0.05) is 51.1 Å². The lowest BCUT2D eigenvalue weighted by Crippen LogP contribution is -2.06. The maximum absolute atomic E-state index is 8.12. The van der Waals surface area contributed by atoms with Gasteiger partial charge in [0.25, 0.3) is 0 Å². The van der Waals surface area contributed by atoms with E-state index in [0.717, 1.165) is 31.3 Å². The Bertz CT molecular complexity index is 2320. The highest BCUT2D eigenvalue weighted by molar-refractivity contribution is 9.10. The Labute approximate surface area is 345 Å². The van der Waals surface area contributed by atoms with Crippen LogP contribution in [0, 0.1) is 13.8 Å². The van der Waals surface area contributed by atoms with E-state index < -0.39 is 0 Å². The minimum Gasteiger partial charge on any atom is -0.347 e. The Morgan fingerprint density at radius 2 is 1.26 bits per heavy atom. The van der Waals surface area contributed by atoms with Crippen LogP contribution in [-0.2, 0) is 45.1 Å². The van der Waals surface area contributed by atoms with E-state index >= 15 is 0 Å². The van der Waals surface area contributed by atoms with Crippen molar-refractivity contribution >= 4 is 50.0 Å². The average molecular weight is 828 g/mol. The first-order valence-corrected chi connectivity index (χ1v) is 21.7. The number of nitrogens with zero attached hydrogens (tertiary/aromatic N) is 2. The highest BCUT2D eigenvalue weighted by Gasteiger charge is 2.28. The Balaban J connectivity index is 0.000000170. The largest absolute Gasteiger partial charge is 0.373 e. The zero-order chi connectivity index (χ0) is 40.1. The van der Waals surface area contributed by atoms with Crippen LogP contribution in [-0.4, -0.2) is 21.4 Å². The second-order valence-corrected chi connectivity index (χ2v) is 16.9. The number of rotatable bonds is 6. The van der Waals surface area contributed by atoms with Crippen LogP contribution in [0.15, 0.2) is 95.6 Å². The molecule has 6 aromatic rings. The molecule has 7 heteroatoms. The van der Waals surface area contributed by atoms with Crippen LogP contribution in [0.3, 0.4) is 0 Å². The molecule has 0 spiro atoms. The molecule has 2 fully saturated rings. The van der Waals surface area contributed by atoms with Gasteiger partial charge in [-0.05, 0) is 129 Å². The predicted octanol–water partition coefficient (Wildman–Crippen LogP) is 12.8. The minimum absolute atomic E-state index is 0.250. The minimum atomic E-state index is 0.250. The molecule has 296 valence electrons. The van der Waals surface area contributed by atoms with Gasteiger partial charge in [-0.2, -0.15) is 19.2 Å². The number of fused-ring (bicyclic) bond motifs is 6. The third-order valence-corrected chi connectivity index (χ3v) is 13.1. The van der Waals surface area contributed by atoms with Gasteiger partial charge in [-0.25, -0.2) is 0 Å². The normalized spacial score (nSPS) is 15.3. The maximum Gasteiger partial charge on any atom is 0.373 e. The van der Waals surface area contributed by atoms with Crippen molar-refractivity contribution in [2.24, 2.45) is 0 Å². The molecule has 2 aromatic heterocycles. The van der Waals surface area contributed by atoms with E-state index in [9.17, 15) is 0 Å². The van der Waals surface area contributed by atoms with Gasteiger partial charge in [0.1, 0.15) is 0 Å². The molecule has 2 aliphatic carbocycles. The lowest BCUT2D eigenvalue weighted by Gasteiger charge is -2.24. The Kier molecular flexibility index (Phi) is 15.1. The molecule has 0 atom stereocenters. The lowest BCUT2D eigenvalue weighted by molar-refractivity contribution is -0.193. The highest BCUT2D eigenvalue weighted by Crippen LogP contribution is 2.46. The van der Waals surface area contributed by atoms with E-state index in [0.29, 0.717) is 0 Å². The standard InChI is InChI=1S/C24H28BrN.C24H27N.2CO2/c1-18-13-14-21-22(19-8-3-2-4-9-19)17-26(24(21)16-18)15-7-11-20-10-5-6-12-23(20)25;1-17-13-14-21-22(16-17)25-15-7-11-18-8-5-6-12-20(18)24(25)23(21)19-9-3-2-4-10-19;2*2-1-3/h5-6,10,12-14,16-17,19H,2-4,7-9,11,15H2,1H3;5-6,8,12-14,16,19H,2-4,7,9-11,15H2,1H3;;. The van der Waals surface area contributed by atoms with Crippen molar-refractivity contribution in [3.05, 3.63) is 129 Å². The Morgan fingerprint density at radius 3 is 1.95 bits per heavy atom. The molecule has 57 heavy (non-hydrogen) atoms. The number of aromatic nitrogens is 2. The molecule has 9 rings (SSSR count). The fourth-order valence-electron chi connectivity index (χ4n) is 9.71. The molecule has 0 amide bonds. The smallest absolute Gasteiger partial charge is 0.347 e.